The maximum Gasteiger partial charge on any atom is 0.277 e. The topological polar surface area (TPSA) is 60.2 Å². The summed E-state index contributed by atoms with van der Waals surface area (Å²) in [7, 11) is 0. The Morgan fingerprint density at radius 2 is 2.00 bits per heavy atom. The summed E-state index contributed by atoms with van der Waals surface area (Å²) in [6, 6.07) is 0. The molecule has 0 saturated heterocycles. The molecule has 0 bridgehead atoms. The first-order valence-corrected chi connectivity index (χ1v) is 3.38. The zero-order valence-corrected chi connectivity index (χ0v) is 6.20. The number of thioether (sulfide) groups is 1. The molecule has 0 fully saturated rings. The second kappa shape index (κ2) is 3.50. The molecule has 1 unspecified atom stereocenters. The van der Waals surface area contributed by atoms with Crippen LogP contribution in [0, 0.1) is 0 Å². The molecule has 0 aromatic rings. The van der Waals surface area contributed by atoms with Gasteiger partial charge in [0.1, 0.15) is 5.78 Å². The van der Waals surface area contributed by atoms with E-state index in [9.17, 15) is 9.59 Å². The van der Waals surface area contributed by atoms with Crippen molar-refractivity contribution in [1.29, 1.82) is 0 Å². The average molecular weight is 147 g/mol. The molecule has 9 heavy (non-hydrogen) atoms. The molecule has 0 aliphatic rings. The largest absolute Gasteiger partial charge is 0.360 e. The summed E-state index contributed by atoms with van der Waals surface area (Å²) in [6.07, 6.45) is 0. The van der Waals surface area contributed by atoms with Crippen molar-refractivity contribution in [2.45, 2.75) is 19.1 Å². The summed E-state index contributed by atoms with van der Waals surface area (Å²) in [5, 5.41) is -0.805. The molecule has 1 amide bonds. The van der Waals surface area contributed by atoms with Crippen molar-refractivity contribution >= 4 is 22.8 Å². The summed E-state index contributed by atoms with van der Waals surface area (Å²) < 4.78 is 0. The van der Waals surface area contributed by atoms with Crippen LogP contribution in [0.2, 0.25) is 0 Å². The van der Waals surface area contributed by atoms with Gasteiger partial charge in [0, 0.05) is 0 Å². The summed E-state index contributed by atoms with van der Waals surface area (Å²) in [4.78, 5) is 20.6. The Labute approximate surface area is 58.0 Å². The average Bonchev–Trinajstić information content (AvgIpc) is 1.63. The second-order valence-corrected chi connectivity index (χ2v) is 3.03. The Morgan fingerprint density at radius 1 is 1.56 bits per heavy atom. The van der Waals surface area contributed by atoms with E-state index in [1.54, 1.807) is 6.92 Å². The third-order valence-electron chi connectivity index (χ3n) is 0.865. The molecular weight excluding hydrogens is 138 g/mol. The molecular formula is C5H9NO2S. The van der Waals surface area contributed by atoms with Crippen molar-refractivity contribution in [2.75, 3.05) is 0 Å². The first-order valence-electron chi connectivity index (χ1n) is 2.50. The number of hydrogen-bond acceptors (Lipinski definition) is 3. The van der Waals surface area contributed by atoms with Crippen molar-refractivity contribution in [3.8, 4) is 0 Å². The number of nitrogens with two attached hydrogens (primary N) is 1. The maximum absolute atomic E-state index is 10.5. The normalized spacial score (nSPS) is 12.7. The highest BCUT2D eigenvalue weighted by Crippen LogP contribution is 2.09. The van der Waals surface area contributed by atoms with Gasteiger partial charge in [-0.1, -0.05) is 11.8 Å². The van der Waals surface area contributed by atoms with Crippen LogP contribution in [-0.2, 0) is 4.79 Å². The van der Waals surface area contributed by atoms with E-state index in [0.717, 1.165) is 11.8 Å². The van der Waals surface area contributed by atoms with Crippen LogP contribution < -0.4 is 5.73 Å². The number of amides is 1. The van der Waals surface area contributed by atoms with E-state index in [0.29, 0.717) is 0 Å². The van der Waals surface area contributed by atoms with Gasteiger partial charge in [-0.3, -0.25) is 9.59 Å². The lowest BCUT2D eigenvalue weighted by atomic mass is 10.3. The molecule has 0 saturated carbocycles. The number of Topliss-reactive ketones (excluding diaryl/α,β-unsaturated/α-hetero) is 1. The molecule has 0 heterocycles. The molecule has 0 aromatic heterocycles. The molecule has 1 atom stereocenters. The first kappa shape index (κ1) is 8.49. The summed E-state index contributed by atoms with van der Waals surface area (Å²) in [5.74, 6) is -0.0289. The van der Waals surface area contributed by atoms with Crippen LogP contribution >= 0.6 is 11.8 Å². The van der Waals surface area contributed by atoms with Gasteiger partial charge in [0.05, 0.1) is 5.25 Å². The number of primary amides is 1. The fraction of sp³-hybridized carbons (Fsp3) is 0.600. The molecule has 3 nitrogen and oxygen atoms in total. The van der Waals surface area contributed by atoms with Crippen LogP contribution in [0.15, 0.2) is 0 Å². The van der Waals surface area contributed by atoms with Crippen molar-refractivity contribution in [3.63, 3.8) is 0 Å². The molecule has 52 valence electrons. The van der Waals surface area contributed by atoms with Crippen LogP contribution in [0.1, 0.15) is 13.8 Å². The molecule has 0 radical (unpaired) electrons. The van der Waals surface area contributed by atoms with E-state index >= 15 is 0 Å². The number of carbonyl (C=O) groups excluding carboxylic acids is 2. The van der Waals surface area contributed by atoms with Gasteiger partial charge in [0.2, 0.25) is 0 Å². The predicted molar refractivity (Wildman–Crippen MR) is 37.3 cm³/mol. The highest BCUT2D eigenvalue weighted by molar-refractivity contribution is 8.14. The van der Waals surface area contributed by atoms with E-state index in [1.807, 2.05) is 0 Å². The van der Waals surface area contributed by atoms with Gasteiger partial charge >= 0.3 is 0 Å². The minimum atomic E-state index is -0.502. The Balaban J connectivity index is 3.63. The van der Waals surface area contributed by atoms with Crippen LogP contribution in [0.25, 0.3) is 0 Å². The second-order valence-electron chi connectivity index (χ2n) is 1.69. The zero-order valence-electron chi connectivity index (χ0n) is 5.38. The Kier molecular flexibility index (Phi) is 3.30. The van der Waals surface area contributed by atoms with Crippen LogP contribution in [0.4, 0.5) is 4.79 Å². The third kappa shape index (κ3) is 4.02. The lowest BCUT2D eigenvalue weighted by Crippen LogP contribution is -2.14. The summed E-state index contributed by atoms with van der Waals surface area (Å²) >= 11 is 0.852. The van der Waals surface area contributed by atoms with Crippen molar-refractivity contribution in [3.05, 3.63) is 0 Å². The molecule has 0 spiro atoms. The number of carbonyl (C=O) groups is 2. The fourth-order valence-corrected chi connectivity index (χ4v) is 0.772. The highest BCUT2D eigenvalue weighted by atomic mass is 32.2. The van der Waals surface area contributed by atoms with E-state index in [2.05, 4.69) is 0 Å². The molecule has 0 aliphatic heterocycles. The van der Waals surface area contributed by atoms with Crippen LogP contribution in [-0.4, -0.2) is 16.3 Å². The fourth-order valence-electron chi connectivity index (χ4n) is 0.257. The highest BCUT2D eigenvalue weighted by Gasteiger charge is 2.10. The van der Waals surface area contributed by atoms with Crippen LogP contribution in [0.3, 0.4) is 0 Å². The lowest BCUT2D eigenvalue weighted by Gasteiger charge is -2.00. The van der Waals surface area contributed by atoms with Gasteiger partial charge in [-0.05, 0) is 13.8 Å². The number of hydrogen-bond donors (Lipinski definition) is 1. The van der Waals surface area contributed by atoms with Gasteiger partial charge in [-0.2, -0.15) is 0 Å². The molecule has 0 aromatic carbocycles. The smallest absolute Gasteiger partial charge is 0.277 e. The van der Waals surface area contributed by atoms with Gasteiger partial charge in [0.15, 0.2) is 0 Å². The zero-order chi connectivity index (χ0) is 7.44. The van der Waals surface area contributed by atoms with Crippen molar-refractivity contribution in [2.24, 2.45) is 5.73 Å². The Bertz CT molecular complexity index is 135. The summed E-state index contributed by atoms with van der Waals surface area (Å²) in [5.41, 5.74) is 4.80. The Morgan fingerprint density at radius 3 is 2.11 bits per heavy atom. The van der Waals surface area contributed by atoms with Gasteiger partial charge in [0.25, 0.3) is 5.24 Å². The van der Waals surface area contributed by atoms with Crippen molar-refractivity contribution in [1.82, 2.24) is 0 Å². The van der Waals surface area contributed by atoms with E-state index in [1.165, 1.54) is 6.92 Å². The molecule has 4 heteroatoms. The standard InChI is InChI=1S/C5H9NO2S/c1-3(7)4(2)9-5(6)8/h4H,1-2H3,(H2,6,8). The van der Waals surface area contributed by atoms with Gasteiger partial charge < -0.3 is 5.73 Å². The Hall–Kier alpha value is -0.510. The summed E-state index contributed by atoms with van der Waals surface area (Å²) in [6.45, 7) is 3.08. The van der Waals surface area contributed by atoms with Crippen molar-refractivity contribution < 1.29 is 9.59 Å². The SMILES string of the molecule is CC(=O)C(C)SC(N)=O. The quantitative estimate of drug-likeness (QED) is 0.627. The van der Waals surface area contributed by atoms with E-state index < -0.39 is 5.24 Å². The molecule has 0 rings (SSSR count). The minimum absolute atomic E-state index is 0.0289. The maximum atomic E-state index is 10.5. The number of ketones is 1. The van der Waals surface area contributed by atoms with Gasteiger partial charge in [-0.15, -0.1) is 0 Å². The monoisotopic (exact) mass is 147 g/mol. The first-order chi connectivity index (χ1) is 4.04. The van der Waals surface area contributed by atoms with Gasteiger partial charge in [-0.25, -0.2) is 0 Å². The molecule has 2 N–H and O–H groups in total. The predicted octanol–water partition coefficient (Wildman–Crippen LogP) is 0.776. The number of rotatable bonds is 2. The third-order valence-corrected chi connectivity index (χ3v) is 1.78. The van der Waals surface area contributed by atoms with E-state index in [-0.39, 0.29) is 11.0 Å². The van der Waals surface area contributed by atoms with E-state index in [4.69, 9.17) is 5.73 Å². The van der Waals surface area contributed by atoms with Crippen LogP contribution in [0.5, 0.6) is 0 Å². The molecule has 0 aliphatic carbocycles. The lowest BCUT2D eigenvalue weighted by molar-refractivity contribution is -0.116. The minimum Gasteiger partial charge on any atom is -0.360 e.